The fourth-order valence-corrected chi connectivity index (χ4v) is 1.54. The van der Waals surface area contributed by atoms with E-state index in [0.29, 0.717) is 0 Å². The Kier molecular flexibility index (Phi) is 4.34. The maximum absolute atomic E-state index is 12.7. The third kappa shape index (κ3) is 3.77. The number of tetrazole rings is 1. The molecule has 0 aliphatic rings. The molecule has 22 heavy (non-hydrogen) atoms. The minimum absolute atomic E-state index is 0.0680. The van der Waals surface area contributed by atoms with Crippen molar-refractivity contribution in [3.05, 3.63) is 35.4 Å². The van der Waals surface area contributed by atoms with Crippen LogP contribution in [0.5, 0.6) is 0 Å². The lowest BCUT2D eigenvalue weighted by Crippen LogP contribution is -2.24. The number of nitrogen functional groups attached to an aromatic ring is 1. The number of nitrogens with two attached hydrogens (primary N) is 1. The first kappa shape index (κ1) is 15.4. The molecule has 0 saturated heterocycles. The van der Waals surface area contributed by atoms with Gasteiger partial charge >= 0.3 is 6.18 Å². The van der Waals surface area contributed by atoms with Gasteiger partial charge in [-0.05, 0) is 16.5 Å². The molecule has 1 heterocycles. The average Bonchev–Trinajstić information content (AvgIpc) is 2.83. The molecule has 3 N–H and O–H groups in total. The van der Waals surface area contributed by atoms with Crippen LogP contribution in [0.25, 0.3) is 0 Å². The smallest absolute Gasteiger partial charge is 0.367 e. The van der Waals surface area contributed by atoms with Gasteiger partial charge in [0.25, 0.3) is 5.91 Å². The van der Waals surface area contributed by atoms with E-state index in [1.807, 2.05) is 0 Å². The maximum Gasteiger partial charge on any atom is 0.417 e. The Bertz CT molecular complexity index is 695. The van der Waals surface area contributed by atoms with Crippen LogP contribution in [-0.2, 0) is 17.5 Å². The highest BCUT2D eigenvalue weighted by molar-refractivity contribution is 5.84. The van der Waals surface area contributed by atoms with Gasteiger partial charge in [-0.25, -0.2) is 10.1 Å². The van der Waals surface area contributed by atoms with E-state index in [1.165, 1.54) is 18.2 Å². The number of anilines is 1. The summed E-state index contributed by atoms with van der Waals surface area (Å²) in [5, 5.41) is 13.5. The van der Waals surface area contributed by atoms with Gasteiger partial charge in [-0.15, -0.1) is 0 Å². The highest BCUT2D eigenvalue weighted by Crippen LogP contribution is 2.30. The molecule has 0 aliphatic heterocycles. The molecule has 2 aromatic rings. The van der Waals surface area contributed by atoms with Crippen molar-refractivity contribution < 1.29 is 18.0 Å². The van der Waals surface area contributed by atoms with E-state index in [9.17, 15) is 18.0 Å². The molecular formula is C11H10F3N7O. The van der Waals surface area contributed by atoms with E-state index in [0.717, 1.165) is 17.0 Å². The first-order valence-electron chi connectivity index (χ1n) is 5.87. The topological polar surface area (TPSA) is 111 Å². The molecule has 0 fully saturated rings. The van der Waals surface area contributed by atoms with Crippen molar-refractivity contribution >= 4 is 18.1 Å². The Hall–Kier alpha value is -2.98. The second-order valence-electron chi connectivity index (χ2n) is 4.07. The van der Waals surface area contributed by atoms with E-state index in [1.54, 1.807) is 0 Å². The standard InChI is InChI=1S/C11H10F3N7O/c12-11(13,14)8-4-2-1-3-7(8)5-16-17-9(22)6-21-10(15)18-19-20-21/h1-5H,6H2,(H,17,22)(H2,15,18,20)/b16-5-. The number of alkyl halides is 3. The molecule has 0 unspecified atom stereocenters. The van der Waals surface area contributed by atoms with E-state index in [4.69, 9.17) is 5.73 Å². The van der Waals surface area contributed by atoms with Crippen LogP contribution >= 0.6 is 0 Å². The van der Waals surface area contributed by atoms with Crippen LogP contribution in [0.1, 0.15) is 11.1 Å². The molecule has 0 bridgehead atoms. The SMILES string of the molecule is Nc1nnnn1CC(=O)N/N=C\c1ccccc1C(F)(F)F. The molecule has 11 heteroatoms. The second-order valence-corrected chi connectivity index (χ2v) is 4.07. The van der Waals surface area contributed by atoms with Gasteiger partial charge in [0.15, 0.2) is 0 Å². The van der Waals surface area contributed by atoms with Crippen molar-refractivity contribution in [1.82, 2.24) is 25.6 Å². The molecule has 0 radical (unpaired) electrons. The van der Waals surface area contributed by atoms with E-state index >= 15 is 0 Å². The largest absolute Gasteiger partial charge is 0.417 e. The Labute approximate surface area is 121 Å². The van der Waals surface area contributed by atoms with Crippen LogP contribution < -0.4 is 11.2 Å². The lowest BCUT2D eigenvalue weighted by molar-refractivity contribution is -0.137. The summed E-state index contributed by atoms with van der Waals surface area (Å²) in [5.74, 6) is -0.707. The minimum atomic E-state index is -4.51. The zero-order valence-electron chi connectivity index (χ0n) is 10.9. The van der Waals surface area contributed by atoms with Crippen molar-refractivity contribution in [2.75, 3.05) is 5.73 Å². The molecule has 8 nitrogen and oxygen atoms in total. The van der Waals surface area contributed by atoms with Crippen molar-refractivity contribution in [2.24, 2.45) is 5.10 Å². The predicted molar refractivity (Wildman–Crippen MR) is 69.4 cm³/mol. The molecule has 0 atom stereocenters. The third-order valence-corrected chi connectivity index (χ3v) is 2.51. The van der Waals surface area contributed by atoms with Gasteiger partial charge in [0, 0.05) is 5.56 Å². The predicted octanol–water partition coefficient (Wildman–Crippen LogP) is 0.424. The number of amides is 1. The highest BCUT2D eigenvalue weighted by Gasteiger charge is 2.32. The summed E-state index contributed by atoms with van der Waals surface area (Å²) >= 11 is 0. The molecular weight excluding hydrogens is 303 g/mol. The fraction of sp³-hybridized carbons (Fsp3) is 0.182. The summed E-state index contributed by atoms with van der Waals surface area (Å²) < 4.78 is 39.2. The number of halogens is 3. The van der Waals surface area contributed by atoms with Crippen molar-refractivity contribution in [1.29, 1.82) is 0 Å². The summed E-state index contributed by atoms with van der Waals surface area (Å²) in [6, 6.07) is 4.85. The van der Waals surface area contributed by atoms with Crippen molar-refractivity contribution in [3.8, 4) is 0 Å². The molecule has 116 valence electrons. The van der Waals surface area contributed by atoms with Gasteiger partial charge in [-0.2, -0.15) is 18.3 Å². The number of benzene rings is 1. The lowest BCUT2D eigenvalue weighted by Gasteiger charge is -2.09. The second kappa shape index (κ2) is 6.20. The fourth-order valence-electron chi connectivity index (χ4n) is 1.54. The number of rotatable bonds is 4. The average molecular weight is 313 g/mol. The lowest BCUT2D eigenvalue weighted by atomic mass is 10.1. The molecule has 1 aromatic heterocycles. The van der Waals surface area contributed by atoms with Gasteiger partial charge in [-0.3, -0.25) is 4.79 Å². The summed E-state index contributed by atoms with van der Waals surface area (Å²) in [6.45, 7) is -0.308. The Balaban J connectivity index is 2.01. The number of hydrazone groups is 1. The normalized spacial score (nSPS) is 11.8. The number of nitrogens with one attached hydrogen (secondary N) is 1. The van der Waals surface area contributed by atoms with Crippen LogP contribution in [0, 0.1) is 0 Å². The van der Waals surface area contributed by atoms with Crippen molar-refractivity contribution in [3.63, 3.8) is 0 Å². The number of hydrogen-bond donors (Lipinski definition) is 2. The highest BCUT2D eigenvalue weighted by atomic mass is 19.4. The molecule has 0 spiro atoms. The molecule has 1 aromatic carbocycles. The summed E-state index contributed by atoms with van der Waals surface area (Å²) in [6.07, 6.45) is -3.60. The molecule has 1 amide bonds. The van der Waals surface area contributed by atoms with E-state index < -0.39 is 17.6 Å². The van der Waals surface area contributed by atoms with Crippen LogP contribution in [-0.4, -0.2) is 32.3 Å². The molecule has 0 saturated carbocycles. The van der Waals surface area contributed by atoms with Gasteiger partial charge < -0.3 is 5.73 Å². The van der Waals surface area contributed by atoms with E-state index in [2.05, 4.69) is 26.1 Å². The molecule has 0 aliphatic carbocycles. The maximum atomic E-state index is 12.7. The first-order valence-corrected chi connectivity index (χ1v) is 5.87. The van der Waals surface area contributed by atoms with Gasteiger partial charge in [-0.1, -0.05) is 23.3 Å². The van der Waals surface area contributed by atoms with Crippen molar-refractivity contribution in [2.45, 2.75) is 12.7 Å². The number of carbonyl (C=O) groups is 1. The Morgan fingerprint density at radius 3 is 2.77 bits per heavy atom. The van der Waals surface area contributed by atoms with E-state index in [-0.39, 0.29) is 18.1 Å². The Morgan fingerprint density at radius 2 is 2.14 bits per heavy atom. The zero-order valence-corrected chi connectivity index (χ0v) is 10.9. The first-order chi connectivity index (χ1) is 10.4. The minimum Gasteiger partial charge on any atom is -0.367 e. The van der Waals surface area contributed by atoms with Crippen LogP contribution in [0.15, 0.2) is 29.4 Å². The number of hydrogen-bond acceptors (Lipinski definition) is 6. The van der Waals surface area contributed by atoms with Gasteiger partial charge in [0.1, 0.15) is 6.54 Å². The Morgan fingerprint density at radius 1 is 1.41 bits per heavy atom. The summed E-state index contributed by atoms with van der Waals surface area (Å²) in [4.78, 5) is 11.5. The van der Waals surface area contributed by atoms with Crippen LogP contribution in [0.2, 0.25) is 0 Å². The monoisotopic (exact) mass is 313 g/mol. The molecule has 2 rings (SSSR count). The van der Waals surface area contributed by atoms with Gasteiger partial charge in [0.2, 0.25) is 5.95 Å². The van der Waals surface area contributed by atoms with Crippen LogP contribution in [0.4, 0.5) is 19.1 Å². The number of aromatic nitrogens is 4. The summed E-state index contributed by atoms with van der Waals surface area (Å²) in [5.41, 5.74) is 6.41. The van der Waals surface area contributed by atoms with Gasteiger partial charge in [0.05, 0.1) is 11.8 Å². The zero-order chi connectivity index (χ0) is 16.2. The number of carbonyl (C=O) groups excluding carboxylic acids is 1. The third-order valence-electron chi connectivity index (χ3n) is 2.51. The summed E-state index contributed by atoms with van der Waals surface area (Å²) in [7, 11) is 0. The quantitative estimate of drug-likeness (QED) is 0.628. The number of nitrogens with zero attached hydrogens (tertiary/aromatic N) is 5. The van der Waals surface area contributed by atoms with Crippen LogP contribution in [0.3, 0.4) is 0 Å².